The molecule has 4 rings (SSSR count). The van der Waals surface area contributed by atoms with Gasteiger partial charge in [0.15, 0.2) is 0 Å². The molecule has 2 aromatic heterocycles. The fourth-order valence-corrected chi connectivity index (χ4v) is 4.34. The third-order valence-corrected chi connectivity index (χ3v) is 6.29. The van der Waals surface area contributed by atoms with Gasteiger partial charge in [0.05, 0.1) is 11.6 Å². The lowest BCUT2D eigenvalue weighted by molar-refractivity contribution is -0.123. The highest BCUT2D eigenvalue weighted by Crippen LogP contribution is 2.29. The number of hydrogen-bond donors (Lipinski definition) is 2. The summed E-state index contributed by atoms with van der Waals surface area (Å²) in [7, 11) is 0. The van der Waals surface area contributed by atoms with Crippen LogP contribution >= 0.6 is 11.6 Å². The van der Waals surface area contributed by atoms with Gasteiger partial charge in [0.1, 0.15) is 11.5 Å². The molecule has 34 heavy (non-hydrogen) atoms. The zero-order chi connectivity index (χ0) is 24.2. The Morgan fingerprint density at radius 3 is 2.68 bits per heavy atom. The first-order valence-corrected chi connectivity index (χ1v) is 11.4. The van der Waals surface area contributed by atoms with Crippen LogP contribution in [0, 0.1) is 24.6 Å². The molecule has 2 heterocycles. The predicted molar refractivity (Wildman–Crippen MR) is 123 cm³/mol. The summed E-state index contributed by atoms with van der Waals surface area (Å²) in [6.07, 6.45) is 3.35. The molecule has 0 radical (unpaired) electrons. The van der Waals surface area contributed by atoms with Crippen molar-refractivity contribution in [2.24, 2.45) is 17.6 Å². The molecule has 1 aromatic carbocycles. The second-order valence-corrected chi connectivity index (χ2v) is 9.01. The average Bonchev–Trinajstić information content (AvgIpc) is 3.28. The fourth-order valence-electron chi connectivity index (χ4n) is 4.13. The number of nitrogens with zero attached hydrogens (tertiary/aromatic N) is 5. The van der Waals surface area contributed by atoms with Gasteiger partial charge < -0.3 is 11.1 Å². The van der Waals surface area contributed by atoms with Crippen LogP contribution in [0.15, 0.2) is 30.3 Å². The molecular weight excluding hydrogens is 461 g/mol. The van der Waals surface area contributed by atoms with Crippen LogP contribution in [0.5, 0.6) is 0 Å². The molecule has 0 unspecified atom stereocenters. The van der Waals surface area contributed by atoms with E-state index in [1.165, 1.54) is 12.1 Å². The number of benzene rings is 1. The van der Waals surface area contributed by atoms with E-state index in [2.05, 4.69) is 25.7 Å². The van der Waals surface area contributed by atoms with Crippen molar-refractivity contribution in [3.63, 3.8) is 0 Å². The Morgan fingerprint density at radius 2 is 1.97 bits per heavy atom. The van der Waals surface area contributed by atoms with Gasteiger partial charge in [0.25, 0.3) is 5.91 Å². The number of nitrogens with one attached hydrogen (secondary N) is 1. The minimum absolute atomic E-state index is 0.00205. The number of hydrogen-bond acceptors (Lipinski definition) is 6. The number of rotatable bonds is 7. The van der Waals surface area contributed by atoms with Gasteiger partial charge in [0.2, 0.25) is 11.7 Å². The van der Waals surface area contributed by atoms with Crippen LogP contribution in [-0.4, -0.2) is 37.0 Å². The Morgan fingerprint density at radius 1 is 1.21 bits per heavy atom. The molecule has 2 amide bonds. The van der Waals surface area contributed by atoms with Gasteiger partial charge >= 0.3 is 0 Å². The van der Waals surface area contributed by atoms with Crippen molar-refractivity contribution >= 4 is 23.4 Å². The van der Waals surface area contributed by atoms with Crippen molar-refractivity contribution in [1.29, 1.82) is 0 Å². The molecule has 178 valence electrons. The molecule has 0 aliphatic heterocycles. The number of nitrogens with two attached hydrogens (primary N) is 1. The maximum Gasteiger partial charge on any atom is 0.270 e. The van der Waals surface area contributed by atoms with Gasteiger partial charge in [-0.3, -0.25) is 9.59 Å². The molecule has 0 spiro atoms. The zero-order valence-electron chi connectivity index (χ0n) is 18.7. The minimum Gasteiger partial charge on any atom is -0.369 e. The van der Waals surface area contributed by atoms with Crippen LogP contribution in [0.3, 0.4) is 0 Å². The smallest absolute Gasteiger partial charge is 0.270 e. The Labute approximate surface area is 200 Å². The number of aryl methyl sites for hydroxylation is 1. The second-order valence-electron chi connectivity index (χ2n) is 8.60. The lowest BCUT2D eigenvalue weighted by Gasteiger charge is -2.25. The topological polar surface area (TPSA) is 129 Å². The van der Waals surface area contributed by atoms with Crippen LogP contribution in [-0.2, 0) is 17.9 Å². The number of carbonyl (C=O) groups is 2. The van der Waals surface area contributed by atoms with Gasteiger partial charge in [-0.1, -0.05) is 17.7 Å². The number of amides is 2. The summed E-state index contributed by atoms with van der Waals surface area (Å²) in [5, 5.41) is 15.5. The van der Waals surface area contributed by atoms with E-state index in [1.54, 1.807) is 29.9 Å². The summed E-state index contributed by atoms with van der Waals surface area (Å²) < 4.78 is 13.3. The standard InChI is InChI=1S/C23H25ClFN7O2/c1-13-8-17(10-20(28-13)23(34)27-11-15-4-7-19(25)18(24)9-15)22-29-31-32(30-22)12-14-2-5-16(6-3-14)21(26)33/h4,7-10,14,16H,2-3,5-6,11-12H2,1H3,(H2,26,33)(H,27,34)/t14-,16-. The van der Waals surface area contributed by atoms with Crippen molar-refractivity contribution in [3.8, 4) is 11.4 Å². The van der Waals surface area contributed by atoms with Crippen molar-refractivity contribution in [2.75, 3.05) is 0 Å². The van der Waals surface area contributed by atoms with Crippen molar-refractivity contribution in [2.45, 2.75) is 45.7 Å². The number of halogens is 2. The van der Waals surface area contributed by atoms with Crippen molar-refractivity contribution < 1.29 is 14.0 Å². The molecule has 9 nitrogen and oxygen atoms in total. The summed E-state index contributed by atoms with van der Waals surface area (Å²) in [5.41, 5.74) is 7.55. The highest BCUT2D eigenvalue weighted by molar-refractivity contribution is 6.30. The number of carbonyl (C=O) groups excluding carboxylic acids is 2. The van der Waals surface area contributed by atoms with E-state index in [9.17, 15) is 14.0 Å². The van der Waals surface area contributed by atoms with E-state index in [4.69, 9.17) is 17.3 Å². The molecule has 1 fully saturated rings. The number of aromatic nitrogens is 5. The number of primary amides is 1. The highest BCUT2D eigenvalue weighted by atomic mass is 35.5. The first-order chi connectivity index (χ1) is 16.3. The van der Waals surface area contributed by atoms with Gasteiger partial charge in [-0.2, -0.15) is 4.80 Å². The molecule has 1 aliphatic rings. The summed E-state index contributed by atoms with van der Waals surface area (Å²) in [6.45, 7) is 2.56. The third kappa shape index (κ3) is 5.74. The van der Waals surface area contributed by atoms with E-state index in [-0.39, 0.29) is 35.0 Å². The normalized spacial score (nSPS) is 18.0. The summed E-state index contributed by atoms with van der Waals surface area (Å²) >= 11 is 5.80. The molecule has 3 N–H and O–H groups in total. The van der Waals surface area contributed by atoms with E-state index < -0.39 is 5.82 Å². The molecule has 0 saturated heterocycles. The van der Waals surface area contributed by atoms with Gasteiger partial charge in [-0.05, 0) is 73.6 Å². The summed E-state index contributed by atoms with van der Waals surface area (Å²) in [6, 6.07) is 7.68. The minimum atomic E-state index is -0.513. The molecule has 3 aromatic rings. The maximum absolute atomic E-state index is 13.3. The SMILES string of the molecule is Cc1cc(-c2nnn(C[C@H]3CC[C@H](C(N)=O)CC3)n2)cc(C(=O)NCc2ccc(F)c(Cl)c2)n1. The monoisotopic (exact) mass is 485 g/mol. The Bertz CT molecular complexity index is 1210. The van der Waals surface area contributed by atoms with Crippen molar-refractivity contribution in [1.82, 2.24) is 30.5 Å². The van der Waals surface area contributed by atoms with Gasteiger partial charge in [-0.15, -0.1) is 10.2 Å². The molecule has 0 bridgehead atoms. The fraction of sp³-hybridized carbons (Fsp3) is 0.391. The maximum atomic E-state index is 13.3. The lowest BCUT2D eigenvalue weighted by atomic mass is 9.82. The van der Waals surface area contributed by atoms with Crippen LogP contribution in [0.4, 0.5) is 4.39 Å². The first kappa shape index (κ1) is 23.7. The summed E-state index contributed by atoms with van der Waals surface area (Å²) in [5.74, 6) is -0.410. The van der Waals surface area contributed by atoms with Gasteiger partial charge in [-0.25, -0.2) is 9.37 Å². The van der Waals surface area contributed by atoms with E-state index in [0.717, 1.165) is 25.7 Å². The molecule has 11 heteroatoms. The van der Waals surface area contributed by atoms with Crippen LogP contribution in [0.2, 0.25) is 5.02 Å². The summed E-state index contributed by atoms with van der Waals surface area (Å²) in [4.78, 5) is 29.9. The molecule has 1 aliphatic carbocycles. The van der Waals surface area contributed by atoms with Crippen molar-refractivity contribution in [3.05, 3.63) is 58.1 Å². The molecule has 0 atom stereocenters. The number of pyridine rings is 1. The largest absolute Gasteiger partial charge is 0.369 e. The highest BCUT2D eigenvalue weighted by Gasteiger charge is 2.25. The third-order valence-electron chi connectivity index (χ3n) is 6.00. The lowest BCUT2D eigenvalue weighted by Crippen LogP contribution is -2.29. The first-order valence-electron chi connectivity index (χ1n) is 11.1. The molecular formula is C23H25ClFN7O2. The van der Waals surface area contributed by atoms with Gasteiger partial charge in [0, 0.05) is 23.7 Å². The Balaban J connectivity index is 1.41. The van der Waals surface area contributed by atoms with E-state index >= 15 is 0 Å². The average molecular weight is 486 g/mol. The van der Waals surface area contributed by atoms with Crippen LogP contribution in [0.1, 0.15) is 47.4 Å². The second kappa shape index (κ2) is 10.3. The molecule has 1 saturated carbocycles. The Hall–Kier alpha value is -3.40. The van der Waals surface area contributed by atoms with E-state index in [1.807, 2.05) is 0 Å². The van der Waals surface area contributed by atoms with Crippen LogP contribution in [0.25, 0.3) is 11.4 Å². The quantitative estimate of drug-likeness (QED) is 0.529. The van der Waals surface area contributed by atoms with Crippen LogP contribution < -0.4 is 11.1 Å². The van der Waals surface area contributed by atoms with E-state index in [0.29, 0.717) is 35.1 Å². The Kier molecular flexibility index (Phi) is 7.16. The zero-order valence-corrected chi connectivity index (χ0v) is 19.4. The number of tetrazole rings is 1. The predicted octanol–water partition coefficient (Wildman–Crippen LogP) is 3.06.